The Kier molecular flexibility index (Phi) is 6.17. The molecule has 1 amide bonds. The van der Waals surface area contributed by atoms with Crippen LogP contribution < -0.4 is 10.6 Å². The Morgan fingerprint density at radius 2 is 1.75 bits per heavy atom. The van der Waals surface area contributed by atoms with Crippen molar-refractivity contribution in [1.29, 1.82) is 0 Å². The number of rotatable bonds is 6. The fraction of sp³-hybridized carbons (Fsp3) is 0.700. The molecule has 0 aliphatic carbocycles. The Morgan fingerprint density at radius 1 is 1.18 bits per heavy atom. The summed E-state index contributed by atoms with van der Waals surface area (Å²) in [5.41, 5.74) is 1.82. The number of hydrogen-bond donors (Lipinski definition) is 2. The highest BCUT2D eigenvalue weighted by Crippen LogP contribution is 2.28. The second-order valence-corrected chi connectivity index (χ2v) is 8.10. The van der Waals surface area contributed by atoms with Crippen LogP contribution in [0.1, 0.15) is 42.5 Å². The van der Waals surface area contributed by atoms with Crippen LogP contribution in [0.4, 0.5) is 5.95 Å². The van der Waals surface area contributed by atoms with Gasteiger partial charge in [0.1, 0.15) is 6.04 Å². The highest BCUT2D eigenvalue weighted by molar-refractivity contribution is 5.96. The average molecular weight is 390 g/mol. The molecule has 2 aliphatic heterocycles. The number of amides is 1. The highest BCUT2D eigenvalue weighted by Gasteiger charge is 2.39. The molecule has 2 aliphatic rings. The van der Waals surface area contributed by atoms with Crippen LogP contribution in [-0.4, -0.2) is 65.6 Å². The molecule has 28 heavy (non-hydrogen) atoms. The number of aromatic nitrogens is 2. The van der Waals surface area contributed by atoms with Crippen LogP contribution in [0.2, 0.25) is 0 Å². The van der Waals surface area contributed by atoms with Crippen LogP contribution in [0, 0.1) is 31.6 Å². The summed E-state index contributed by atoms with van der Waals surface area (Å²) in [7, 11) is 0. The zero-order valence-corrected chi connectivity index (χ0v) is 17.4. The number of ether oxygens (including phenoxy) is 1. The number of carbonyl (C=O) groups is 2. The van der Waals surface area contributed by atoms with Crippen molar-refractivity contribution in [2.75, 3.05) is 38.1 Å². The molecule has 0 spiro atoms. The Balaban J connectivity index is 1.77. The lowest BCUT2D eigenvalue weighted by atomic mass is 10.0. The minimum atomic E-state index is -0.536. The van der Waals surface area contributed by atoms with Crippen molar-refractivity contribution in [1.82, 2.24) is 20.2 Å². The summed E-state index contributed by atoms with van der Waals surface area (Å²) in [4.78, 5) is 36.2. The molecule has 0 aromatic carbocycles. The summed E-state index contributed by atoms with van der Waals surface area (Å²) >= 11 is 0. The van der Waals surface area contributed by atoms with E-state index in [0.29, 0.717) is 41.3 Å². The van der Waals surface area contributed by atoms with E-state index in [1.54, 1.807) is 6.92 Å². The van der Waals surface area contributed by atoms with Crippen LogP contribution >= 0.6 is 0 Å². The molecule has 3 atom stereocenters. The van der Waals surface area contributed by atoms with Gasteiger partial charge in [0.05, 0.1) is 23.6 Å². The van der Waals surface area contributed by atoms with E-state index in [2.05, 4.69) is 20.6 Å². The topological polar surface area (TPSA) is 96.4 Å². The number of likely N-dealkylation sites (tertiary alicyclic amines) is 1. The van der Waals surface area contributed by atoms with Gasteiger partial charge in [0, 0.05) is 26.2 Å². The van der Waals surface area contributed by atoms with Crippen LogP contribution in [0.5, 0.6) is 0 Å². The Morgan fingerprint density at radius 3 is 2.25 bits per heavy atom. The van der Waals surface area contributed by atoms with Crippen molar-refractivity contribution in [2.24, 2.45) is 17.8 Å². The lowest BCUT2D eigenvalue weighted by Gasteiger charge is -2.22. The minimum absolute atomic E-state index is 0.00162. The fourth-order valence-electron chi connectivity index (χ4n) is 4.14. The molecule has 2 unspecified atom stereocenters. The summed E-state index contributed by atoms with van der Waals surface area (Å²) in [6.45, 7) is 13.2. The molecule has 8 heteroatoms. The number of nitrogens with one attached hydrogen (secondary N) is 2. The van der Waals surface area contributed by atoms with E-state index < -0.39 is 6.04 Å². The summed E-state index contributed by atoms with van der Waals surface area (Å²) in [6, 6.07) is -0.536. The van der Waals surface area contributed by atoms with Crippen LogP contribution in [-0.2, 0) is 9.53 Å². The number of anilines is 1. The molecular formula is C20H31N5O3. The molecule has 2 saturated heterocycles. The van der Waals surface area contributed by atoms with Gasteiger partial charge in [-0.05, 0) is 38.5 Å². The normalized spacial score (nSPS) is 22.3. The number of nitrogens with zero attached hydrogens (tertiary/aromatic N) is 3. The summed E-state index contributed by atoms with van der Waals surface area (Å²) in [5, 5.41) is 6.47. The second-order valence-electron chi connectivity index (χ2n) is 8.10. The lowest BCUT2D eigenvalue weighted by Crippen LogP contribution is -2.37. The van der Waals surface area contributed by atoms with E-state index in [9.17, 15) is 9.59 Å². The molecule has 3 rings (SSSR count). The predicted octanol–water partition coefficient (Wildman–Crippen LogP) is 1.38. The monoisotopic (exact) mass is 389 g/mol. The van der Waals surface area contributed by atoms with Gasteiger partial charge in [-0.2, -0.15) is 0 Å². The first kappa shape index (κ1) is 20.5. The molecule has 0 saturated carbocycles. The van der Waals surface area contributed by atoms with E-state index in [4.69, 9.17) is 4.74 Å². The van der Waals surface area contributed by atoms with Crippen molar-refractivity contribution in [3.63, 3.8) is 0 Å². The molecule has 2 N–H and O–H groups in total. The number of fused-ring (bicyclic) bond motifs is 1. The maximum Gasteiger partial charge on any atom is 0.328 e. The smallest absolute Gasteiger partial charge is 0.328 e. The van der Waals surface area contributed by atoms with E-state index in [1.165, 1.54) is 0 Å². The Labute approximate surface area is 166 Å². The van der Waals surface area contributed by atoms with Gasteiger partial charge < -0.3 is 20.3 Å². The largest absolute Gasteiger partial charge is 0.464 e. The van der Waals surface area contributed by atoms with E-state index in [0.717, 1.165) is 26.2 Å². The van der Waals surface area contributed by atoms with Gasteiger partial charge in [-0.25, -0.2) is 14.8 Å². The third kappa shape index (κ3) is 4.11. The fourth-order valence-corrected chi connectivity index (χ4v) is 4.14. The van der Waals surface area contributed by atoms with Gasteiger partial charge in [0.2, 0.25) is 5.95 Å². The minimum Gasteiger partial charge on any atom is -0.464 e. The average Bonchev–Trinajstić information content (AvgIpc) is 3.20. The van der Waals surface area contributed by atoms with E-state index >= 15 is 0 Å². The van der Waals surface area contributed by atoms with Crippen molar-refractivity contribution >= 4 is 17.8 Å². The highest BCUT2D eigenvalue weighted by atomic mass is 16.5. The maximum atomic E-state index is 13.1. The predicted molar refractivity (Wildman–Crippen MR) is 106 cm³/mol. The van der Waals surface area contributed by atoms with Crippen LogP contribution in [0.25, 0.3) is 0 Å². The second kappa shape index (κ2) is 8.43. The number of hydrogen-bond acceptors (Lipinski definition) is 7. The Bertz CT molecular complexity index is 716. The van der Waals surface area contributed by atoms with E-state index in [-0.39, 0.29) is 17.8 Å². The molecule has 154 valence electrons. The standard InChI is InChI=1S/C20H31N5O3/c1-6-28-19(27)17(11(2)3)24-20-22-12(4)16(13(5)23-20)18(26)25-9-14-7-21-8-15(14)10-25/h11,14-15,17,21H,6-10H2,1-5H3,(H,22,23,24)/t14?,15?,17-/m1/s1. The molecule has 8 nitrogen and oxygen atoms in total. The van der Waals surface area contributed by atoms with Gasteiger partial charge in [-0.15, -0.1) is 0 Å². The van der Waals surface area contributed by atoms with Gasteiger partial charge >= 0.3 is 5.97 Å². The van der Waals surface area contributed by atoms with E-state index in [1.807, 2.05) is 32.6 Å². The van der Waals surface area contributed by atoms with Crippen LogP contribution in [0.15, 0.2) is 0 Å². The van der Waals surface area contributed by atoms with Crippen molar-refractivity contribution in [3.8, 4) is 0 Å². The molecular weight excluding hydrogens is 358 g/mol. The Hall–Kier alpha value is -2.22. The van der Waals surface area contributed by atoms with Gasteiger partial charge in [-0.1, -0.05) is 13.8 Å². The van der Waals surface area contributed by atoms with Gasteiger partial charge in [0.15, 0.2) is 0 Å². The van der Waals surface area contributed by atoms with Crippen LogP contribution in [0.3, 0.4) is 0 Å². The third-order valence-electron chi connectivity index (χ3n) is 5.65. The van der Waals surface area contributed by atoms with Gasteiger partial charge in [-0.3, -0.25) is 4.79 Å². The van der Waals surface area contributed by atoms with Crippen molar-refractivity contribution in [2.45, 2.75) is 40.7 Å². The number of carbonyl (C=O) groups excluding carboxylic acids is 2. The number of esters is 1. The quantitative estimate of drug-likeness (QED) is 0.710. The molecule has 0 radical (unpaired) electrons. The zero-order chi connectivity index (χ0) is 20.4. The molecule has 0 bridgehead atoms. The zero-order valence-electron chi connectivity index (χ0n) is 17.4. The van der Waals surface area contributed by atoms with Crippen molar-refractivity contribution in [3.05, 3.63) is 17.0 Å². The first-order chi connectivity index (χ1) is 13.3. The first-order valence-electron chi connectivity index (χ1n) is 10.1. The summed E-state index contributed by atoms with van der Waals surface area (Å²) in [6.07, 6.45) is 0. The molecule has 3 heterocycles. The number of aryl methyl sites for hydroxylation is 2. The molecule has 1 aromatic heterocycles. The maximum absolute atomic E-state index is 13.1. The summed E-state index contributed by atoms with van der Waals surface area (Å²) < 4.78 is 5.14. The molecule has 2 fully saturated rings. The summed E-state index contributed by atoms with van der Waals surface area (Å²) in [5.74, 6) is 1.13. The van der Waals surface area contributed by atoms with Gasteiger partial charge in [0.25, 0.3) is 5.91 Å². The lowest BCUT2D eigenvalue weighted by molar-refractivity contribution is -0.145. The third-order valence-corrected chi connectivity index (χ3v) is 5.65. The van der Waals surface area contributed by atoms with Crippen molar-refractivity contribution < 1.29 is 14.3 Å². The SMILES string of the molecule is CCOC(=O)[C@H](Nc1nc(C)c(C(=O)N2CC3CNCC3C2)c(C)n1)C(C)C. The first-order valence-corrected chi connectivity index (χ1v) is 10.1. The molecule has 1 aromatic rings.